The molecule has 2 aliphatic carbocycles. The summed E-state index contributed by atoms with van der Waals surface area (Å²) in [6.45, 7) is 5.93. The summed E-state index contributed by atoms with van der Waals surface area (Å²) in [6, 6.07) is 75.0. The molecule has 0 aromatic heterocycles. The molecule has 0 atom stereocenters. The number of allylic oxidation sites excluding steroid dienone is 8. The van der Waals surface area contributed by atoms with Gasteiger partial charge in [-0.25, -0.2) is 12.1 Å². The Morgan fingerprint density at radius 2 is 0.722 bits per heavy atom. The zero-order valence-corrected chi connectivity index (χ0v) is 44.9. The van der Waals surface area contributed by atoms with Crippen LogP contribution in [0.3, 0.4) is 0 Å². The van der Waals surface area contributed by atoms with Gasteiger partial charge in [-0.1, -0.05) is 121 Å². The predicted molar refractivity (Wildman–Crippen MR) is 296 cm³/mol. The van der Waals surface area contributed by atoms with E-state index in [9.17, 15) is 9.59 Å². The van der Waals surface area contributed by atoms with Gasteiger partial charge in [0.1, 0.15) is 31.8 Å². The molecule has 0 amide bonds. The third-order valence-electron chi connectivity index (χ3n) is 10.3. The minimum absolute atomic E-state index is 0. The van der Waals surface area contributed by atoms with Crippen LogP contribution in [0.1, 0.15) is 0 Å². The van der Waals surface area contributed by atoms with Crippen LogP contribution in [0.4, 0.5) is 0 Å². The number of methoxy groups -OCH3 is 2. The van der Waals surface area contributed by atoms with Crippen LogP contribution in [-0.2, 0) is 61.1 Å². The van der Waals surface area contributed by atoms with E-state index < -0.39 is 15.8 Å². The second kappa shape index (κ2) is 36.1. The SMILES string of the molecule is COC1=CC=CC(=CNCCNC=C2C=CC=C(OC)C2=O)C1=O.[C-]#N.[Fe].[OH3+].[Ru+].c1cc[cH-]c1.c1ccc([PH+](c2ccccc2)c2ccccc2)cc1.c1ccc([PH+](c2ccccc2)c2ccccc2)cc1. The summed E-state index contributed by atoms with van der Waals surface area (Å²) in [5.74, 6) is 0.329. The number of hydrogen-bond donors (Lipinski definition) is 2. The molecule has 0 fully saturated rings. The maximum Gasteiger partial charge on any atom is 1.00 e. The van der Waals surface area contributed by atoms with E-state index >= 15 is 0 Å². The fourth-order valence-corrected chi connectivity index (χ4v) is 12.2. The first kappa shape index (κ1) is 61.2. The molecule has 0 unspecified atom stereocenters. The van der Waals surface area contributed by atoms with E-state index in [1.807, 2.05) is 30.3 Å². The molecule has 1 radical (unpaired) electrons. The van der Waals surface area contributed by atoms with Gasteiger partial charge < -0.3 is 37.4 Å². The van der Waals surface area contributed by atoms with E-state index in [2.05, 4.69) is 193 Å². The second-order valence-corrected chi connectivity index (χ2v) is 19.8. The number of carbonyl (C=O) groups is 2. The molecule has 0 bridgehead atoms. The van der Waals surface area contributed by atoms with Gasteiger partial charge in [-0.3, -0.25) is 9.59 Å². The number of nitrogens with zero attached hydrogens (tertiary/aromatic N) is 1. The molecule has 9 rings (SSSR count). The summed E-state index contributed by atoms with van der Waals surface area (Å²) < 4.78 is 9.98. The Morgan fingerprint density at radius 3 is 0.931 bits per heavy atom. The fourth-order valence-electron chi connectivity index (χ4n) is 7.07. The van der Waals surface area contributed by atoms with Crippen LogP contribution in [0.2, 0.25) is 0 Å². The first-order valence-corrected chi connectivity index (χ1v) is 25.3. The Bertz CT molecular complexity index is 2410. The van der Waals surface area contributed by atoms with Crippen LogP contribution < -0.4 is 42.5 Å². The molecule has 369 valence electrons. The Balaban J connectivity index is 0.000000341. The molecular formula is C60H60FeN3O5P2Ru+2. The molecule has 0 saturated heterocycles. The van der Waals surface area contributed by atoms with Crippen LogP contribution in [0.15, 0.2) is 284 Å². The summed E-state index contributed by atoms with van der Waals surface area (Å²) in [4.78, 5) is 23.9. The summed E-state index contributed by atoms with van der Waals surface area (Å²) in [7, 11) is 1.18. The van der Waals surface area contributed by atoms with E-state index in [0.29, 0.717) is 35.8 Å². The van der Waals surface area contributed by atoms with Crippen molar-refractivity contribution < 1.29 is 61.1 Å². The molecule has 7 aromatic carbocycles. The normalized spacial score (nSPS) is 12.9. The Kier molecular flexibility index (Phi) is 30.7. The Labute approximate surface area is 451 Å². The van der Waals surface area contributed by atoms with Gasteiger partial charge in [-0.05, 0) is 97.1 Å². The molecule has 7 aromatic rings. The van der Waals surface area contributed by atoms with Crippen molar-refractivity contribution in [3.05, 3.63) is 290 Å². The molecule has 0 heterocycles. The van der Waals surface area contributed by atoms with Gasteiger partial charge in [0.05, 0.1) is 30.1 Å². The molecule has 0 spiro atoms. The van der Waals surface area contributed by atoms with Crippen LogP contribution in [-0.4, -0.2) is 38.9 Å². The number of ether oxygens (including phenoxy) is 2. The van der Waals surface area contributed by atoms with Crippen molar-refractivity contribution in [1.29, 1.82) is 5.26 Å². The smallest absolute Gasteiger partial charge is 0.512 e. The number of Topliss-reactive ketones (excluding diaryl/α,β-unsaturated/α-hetero) is 2. The number of benzene rings is 6. The van der Waals surface area contributed by atoms with Gasteiger partial charge in [-0.15, -0.1) is 0 Å². The number of hydrogen-bond acceptors (Lipinski definition) is 7. The van der Waals surface area contributed by atoms with Crippen molar-refractivity contribution in [2.75, 3.05) is 27.3 Å². The van der Waals surface area contributed by atoms with Crippen LogP contribution in [0.5, 0.6) is 0 Å². The van der Waals surface area contributed by atoms with Gasteiger partial charge in [0.25, 0.3) is 0 Å². The van der Waals surface area contributed by atoms with Gasteiger partial charge in [0.15, 0.2) is 11.5 Å². The van der Waals surface area contributed by atoms with Crippen molar-refractivity contribution in [3.63, 3.8) is 0 Å². The van der Waals surface area contributed by atoms with E-state index in [1.54, 1.807) is 48.9 Å². The molecular weight excluding hydrogens is 1060 g/mol. The van der Waals surface area contributed by atoms with Crippen LogP contribution in [0.25, 0.3) is 0 Å². The number of carbonyl (C=O) groups excluding carboxylic acids is 2. The van der Waals surface area contributed by atoms with E-state index in [0.717, 1.165) is 0 Å². The molecule has 8 nitrogen and oxygen atoms in total. The summed E-state index contributed by atoms with van der Waals surface area (Å²) in [6.07, 6.45) is 13.5. The summed E-state index contributed by atoms with van der Waals surface area (Å²) in [5.41, 5.74) is 1.07. The zero-order valence-electron chi connectivity index (χ0n) is 40.1. The number of rotatable bonds is 13. The van der Waals surface area contributed by atoms with Gasteiger partial charge in [-0.2, -0.15) is 18.2 Å². The zero-order chi connectivity index (χ0) is 48.7. The van der Waals surface area contributed by atoms with Crippen molar-refractivity contribution in [2.45, 2.75) is 0 Å². The van der Waals surface area contributed by atoms with Gasteiger partial charge >= 0.3 is 19.5 Å². The van der Waals surface area contributed by atoms with Crippen molar-refractivity contribution in [2.24, 2.45) is 0 Å². The Morgan fingerprint density at radius 1 is 0.472 bits per heavy atom. The van der Waals surface area contributed by atoms with Gasteiger partial charge in [0.2, 0.25) is 11.6 Å². The van der Waals surface area contributed by atoms with Gasteiger partial charge in [0, 0.05) is 53.7 Å². The van der Waals surface area contributed by atoms with Crippen molar-refractivity contribution >= 4 is 59.2 Å². The first-order valence-electron chi connectivity index (χ1n) is 22.3. The molecule has 0 saturated carbocycles. The minimum Gasteiger partial charge on any atom is -0.512 e. The van der Waals surface area contributed by atoms with E-state index in [4.69, 9.17) is 21.3 Å². The van der Waals surface area contributed by atoms with Crippen molar-refractivity contribution in [1.82, 2.24) is 10.6 Å². The first-order chi connectivity index (χ1) is 34.1. The Hall–Kier alpha value is -6.90. The molecule has 0 aliphatic heterocycles. The second-order valence-electron chi connectivity index (χ2n) is 14.9. The topological polar surface area (TPSA) is 133 Å². The summed E-state index contributed by atoms with van der Waals surface area (Å²) in [5, 5.41) is 21.0. The standard InChI is InChI=1S/C18H20N2O4.2C18H15P.C5H5.CN.Fe.H2O.Ru/c1-23-15-7-3-5-13(17(15)21)11-19-9-10-20-12-14-6-4-8-16(24-2)18(14)22;2*1-4-10-16(11-5-1)19(17-12-6-2-7-13-17)18-14-8-3-9-15-18;1-2-4-5-3-1;1-2;;;/h3-8,11-12,19-20H,9-10H2,1-2H3;2*1-15H;1-5H;;;1H2;/q;;;2*-1;;;+1/p+3. The third-order valence-corrected chi connectivity index (χ3v) is 15.8. The van der Waals surface area contributed by atoms with E-state index in [1.165, 1.54) is 46.0 Å². The number of nitrogens with one attached hydrogen (secondary N) is 2. The third kappa shape index (κ3) is 19.7. The largest absolute Gasteiger partial charge is 1.00 e. The maximum atomic E-state index is 11.9. The maximum absolute atomic E-state index is 11.9. The molecule has 72 heavy (non-hydrogen) atoms. The predicted octanol–water partition coefficient (Wildman–Crippen LogP) is 8.20. The summed E-state index contributed by atoms with van der Waals surface area (Å²) >= 11 is 0. The fraction of sp³-hybridized carbons (Fsp3) is 0.0667. The molecule has 2 aliphatic rings. The average molecular weight is 1120 g/mol. The van der Waals surface area contributed by atoms with E-state index in [-0.39, 0.29) is 53.6 Å². The van der Waals surface area contributed by atoms with Crippen molar-refractivity contribution in [3.8, 4) is 0 Å². The minimum atomic E-state index is -0.877. The average Bonchev–Trinajstić information content (AvgIpc) is 4.02. The molecule has 5 N–H and O–H groups in total. The molecule has 12 heteroatoms. The monoisotopic (exact) mass is 1120 g/mol. The number of ketones is 2. The van der Waals surface area contributed by atoms with Crippen LogP contribution in [0, 0.1) is 11.8 Å². The quantitative estimate of drug-likeness (QED) is 0.0297. The van der Waals surface area contributed by atoms with Crippen LogP contribution >= 0.6 is 15.8 Å².